The third kappa shape index (κ3) is 2.64. The molecule has 9 heteroatoms. The van der Waals surface area contributed by atoms with Gasteiger partial charge in [-0.05, 0) is 18.2 Å². The van der Waals surface area contributed by atoms with Crippen LogP contribution in [-0.4, -0.2) is 16.8 Å². The summed E-state index contributed by atoms with van der Waals surface area (Å²) in [6.45, 7) is 0. The molecule has 4 nitrogen and oxygen atoms in total. The molecular formula is C12H6Cl2O4S3. The average molecular weight is 381 g/mol. The number of hydrogen-bond acceptors (Lipinski definition) is 5. The quantitative estimate of drug-likeness (QED) is 0.632. The zero-order chi connectivity index (χ0) is 15.4. The van der Waals surface area contributed by atoms with Crippen LogP contribution in [0.3, 0.4) is 0 Å². The largest absolute Gasteiger partial charge is 0.262 e. The van der Waals surface area contributed by atoms with Crippen LogP contribution in [0.2, 0.25) is 0 Å². The molecule has 2 aromatic carbocycles. The van der Waals surface area contributed by atoms with Gasteiger partial charge in [0.05, 0.1) is 9.60 Å². The Balaban J connectivity index is 2.45. The maximum atomic E-state index is 11.6. The van der Waals surface area contributed by atoms with Crippen LogP contribution in [0.25, 0.3) is 20.2 Å². The molecule has 0 radical (unpaired) electrons. The Bertz CT molecular complexity index is 1080. The maximum absolute atomic E-state index is 11.6. The van der Waals surface area contributed by atoms with Crippen LogP contribution in [0.4, 0.5) is 0 Å². The fourth-order valence-electron chi connectivity index (χ4n) is 2.10. The van der Waals surface area contributed by atoms with Gasteiger partial charge >= 0.3 is 0 Å². The average Bonchev–Trinajstić information content (AvgIpc) is 2.73. The van der Waals surface area contributed by atoms with Gasteiger partial charge in [0.1, 0.15) is 4.90 Å². The van der Waals surface area contributed by atoms with Crippen molar-refractivity contribution in [2.45, 2.75) is 9.79 Å². The van der Waals surface area contributed by atoms with E-state index in [1.807, 2.05) is 0 Å². The molecule has 3 aromatic rings. The summed E-state index contributed by atoms with van der Waals surface area (Å²) in [7, 11) is 3.04. The topological polar surface area (TPSA) is 68.3 Å². The van der Waals surface area contributed by atoms with Gasteiger partial charge in [0, 0.05) is 36.8 Å². The number of benzene rings is 2. The molecular weight excluding hydrogens is 375 g/mol. The smallest absolute Gasteiger partial charge is 0.207 e. The second kappa shape index (κ2) is 4.82. The minimum Gasteiger partial charge on any atom is -0.207 e. The number of fused-ring (bicyclic) bond motifs is 3. The van der Waals surface area contributed by atoms with E-state index >= 15 is 0 Å². The van der Waals surface area contributed by atoms with Gasteiger partial charge in [-0.2, -0.15) is 0 Å². The predicted octanol–water partition coefficient (Wildman–Crippen LogP) is 3.91. The molecule has 110 valence electrons. The van der Waals surface area contributed by atoms with Gasteiger partial charge in [-0.3, -0.25) is 0 Å². The molecule has 3 rings (SSSR count). The first-order chi connectivity index (χ1) is 9.68. The molecule has 0 saturated carbocycles. The standard InChI is InChI=1S/C12H6Cl2O4S3/c13-20(15,16)7-4-5-8-9-2-1-3-11(21(14,17)18)12(9)19-10(8)6-7/h1-6H. The summed E-state index contributed by atoms with van der Waals surface area (Å²) in [5.41, 5.74) is 0. The van der Waals surface area contributed by atoms with Crippen molar-refractivity contribution in [1.82, 2.24) is 0 Å². The number of thiophene rings is 1. The summed E-state index contributed by atoms with van der Waals surface area (Å²) in [6.07, 6.45) is 0. The van der Waals surface area contributed by atoms with E-state index in [0.717, 1.165) is 16.7 Å². The molecule has 0 amide bonds. The number of halogens is 2. The van der Waals surface area contributed by atoms with E-state index in [1.54, 1.807) is 18.2 Å². The normalized spacial score (nSPS) is 13.0. The van der Waals surface area contributed by atoms with Gasteiger partial charge in [0.15, 0.2) is 0 Å². The van der Waals surface area contributed by atoms with Crippen LogP contribution >= 0.6 is 32.7 Å². The second-order valence-corrected chi connectivity index (χ2v) is 10.4. The van der Waals surface area contributed by atoms with E-state index in [-0.39, 0.29) is 9.79 Å². The molecule has 0 bridgehead atoms. The Kier molecular flexibility index (Phi) is 3.46. The van der Waals surface area contributed by atoms with E-state index in [0.29, 0.717) is 14.8 Å². The molecule has 0 aliphatic heterocycles. The predicted molar refractivity (Wildman–Crippen MR) is 85.4 cm³/mol. The van der Waals surface area contributed by atoms with Crippen molar-refractivity contribution < 1.29 is 16.8 Å². The van der Waals surface area contributed by atoms with Gasteiger partial charge in [-0.15, -0.1) is 11.3 Å². The third-order valence-electron chi connectivity index (χ3n) is 2.98. The first-order valence-electron chi connectivity index (χ1n) is 5.52. The Morgan fingerprint density at radius 1 is 0.857 bits per heavy atom. The van der Waals surface area contributed by atoms with Gasteiger partial charge in [0.25, 0.3) is 18.1 Å². The van der Waals surface area contributed by atoms with E-state index in [4.69, 9.17) is 21.4 Å². The Labute approximate surface area is 133 Å². The molecule has 0 atom stereocenters. The molecule has 0 aliphatic carbocycles. The second-order valence-electron chi connectivity index (χ2n) is 4.27. The highest BCUT2D eigenvalue weighted by atomic mass is 35.7. The molecule has 1 aromatic heterocycles. The van der Waals surface area contributed by atoms with Crippen molar-refractivity contribution in [2.75, 3.05) is 0 Å². The minimum absolute atomic E-state index is 0.0122. The molecule has 0 saturated heterocycles. The molecule has 0 aliphatic rings. The fourth-order valence-corrected chi connectivity index (χ4v) is 5.65. The highest BCUT2D eigenvalue weighted by Crippen LogP contribution is 2.39. The first-order valence-corrected chi connectivity index (χ1v) is 11.0. The van der Waals surface area contributed by atoms with Gasteiger partial charge < -0.3 is 0 Å². The first kappa shape index (κ1) is 15.1. The summed E-state index contributed by atoms with van der Waals surface area (Å²) in [5.74, 6) is 0. The van der Waals surface area contributed by atoms with Gasteiger partial charge in [-0.25, -0.2) is 16.8 Å². The summed E-state index contributed by atoms with van der Waals surface area (Å²) in [5, 5.41) is 1.46. The van der Waals surface area contributed by atoms with Crippen molar-refractivity contribution in [3.63, 3.8) is 0 Å². The van der Waals surface area contributed by atoms with E-state index in [1.165, 1.54) is 18.2 Å². The lowest BCUT2D eigenvalue weighted by atomic mass is 10.1. The number of hydrogen-bond donors (Lipinski definition) is 0. The van der Waals surface area contributed by atoms with Crippen molar-refractivity contribution in [2.24, 2.45) is 0 Å². The molecule has 0 fully saturated rings. The molecule has 1 heterocycles. The lowest BCUT2D eigenvalue weighted by Gasteiger charge is -1.98. The van der Waals surface area contributed by atoms with Crippen molar-refractivity contribution in [1.29, 1.82) is 0 Å². The van der Waals surface area contributed by atoms with Crippen LogP contribution in [0.1, 0.15) is 0 Å². The lowest BCUT2D eigenvalue weighted by molar-refractivity contribution is 0.608. The van der Waals surface area contributed by atoms with Crippen molar-refractivity contribution in [3.8, 4) is 0 Å². The third-order valence-corrected chi connectivity index (χ3v) is 7.03. The molecule has 21 heavy (non-hydrogen) atoms. The Morgan fingerprint density at radius 2 is 1.57 bits per heavy atom. The summed E-state index contributed by atoms with van der Waals surface area (Å²) >= 11 is 1.16. The summed E-state index contributed by atoms with van der Waals surface area (Å²) in [4.78, 5) is -0.0170. The highest BCUT2D eigenvalue weighted by Gasteiger charge is 2.18. The molecule has 0 spiro atoms. The lowest BCUT2D eigenvalue weighted by Crippen LogP contribution is -1.89. The zero-order valence-electron chi connectivity index (χ0n) is 10.1. The van der Waals surface area contributed by atoms with Gasteiger partial charge in [-0.1, -0.05) is 18.2 Å². The van der Waals surface area contributed by atoms with Crippen LogP contribution in [-0.2, 0) is 18.1 Å². The minimum atomic E-state index is -3.88. The van der Waals surface area contributed by atoms with E-state index in [9.17, 15) is 16.8 Å². The monoisotopic (exact) mass is 380 g/mol. The SMILES string of the molecule is O=S(=O)(Cl)c1ccc2c(c1)sc1c(S(=O)(=O)Cl)cccc12. The maximum Gasteiger partial charge on any atom is 0.262 e. The highest BCUT2D eigenvalue weighted by molar-refractivity contribution is 8.14. The molecule has 0 N–H and O–H groups in total. The van der Waals surface area contributed by atoms with Crippen LogP contribution < -0.4 is 0 Å². The Hall–Kier alpha value is -0.860. The van der Waals surface area contributed by atoms with E-state index in [2.05, 4.69) is 0 Å². The van der Waals surface area contributed by atoms with Crippen LogP contribution in [0, 0.1) is 0 Å². The van der Waals surface area contributed by atoms with E-state index < -0.39 is 18.1 Å². The number of rotatable bonds is 2. The summed E-state index contributed by atoms with van der Waals surface area (Å²) < 4.78 is 47.1. The van der Waals surface area contributed by atoms with Crippen molar-refractivity contribution in [3.05, 3.63) is 36.4 Å². The Morgan fingerprint density at radius 3 is 2.19 bits per heavy atom. The van der Waals surface area contributed by atoms with Crippen LogP contribution in [0.15, 0.2) is 46.2 Å². The summed E-state index contributed by atoms with van der Waals surface area (Å²) in [6, 6.07) is 9.18. The van der Waals surface area contributed by atoms with Crippen LogP contribution in [0.5, 0.6) is 0 Å². The fraction of sp³-hybridized carbons (Fsp3) is 0. The van der Waals surface area contributed by atoms with Crippen molar-refractivity contribution >= 4 is 71.0 Å². The molecule has 0 unspecified atom stereocenters. The van der Waals surface area contributed by atoms with Gasteiger partial charge in [0.2, 0.25) is 0 Å². The zero-order valence-corrected chi connectivity index (χ0v) is 14.0.